The molecule has 3 nitrogen and oxygen atoms in total. The Labute approximate surface area is 97.8 Å². The first-order valence-electron chi connectivity index (χ1n) is 5.74. The Morgan fingerprint density at radius 2 is 1.75 bits per heavy atom. The lowest BCUT2D eigenvalue weighted by Gasteiger charge is -2.13. The van der Waals surface area contributed by atoms with E-state index in [0.717, 1.165) is 30.2 Å². The number of ether oxygens (including phenoxy) is 2. The van der Waals surface area contributed by atoms with Crippen LogP contribution in [0.2, 0.25) is 0 Å². The lowest BCUT2D eigenvalue weighted by molar-refractivity contribution is 0.382. The maximum absolute atomic E-state index is 5.32. The SMILES string of the molecule is CCCCNCc1c(OC)cccc1OC. The second-order valence-corrected chi connectivity index (χ2v) is 3.67. The zero-order valence-corrected chi connectivity index (χ0v) is 10.4. The smallest absolute Gasteiger partial charge is 0.127 e. The number of unbranched alkanes of at least 4 members (excludes halogenated alkanes) is 1. The van der Waals surface area contributed by atoms with Crippen LogP contribution in [0.5, 0.6) is 11.5 Å². The average molecular weight is 223 g/mol. The average Bonchev–Trinajstić information content (AvgIpc) is 2.34. The summed E-state index contributed by atoms with van der Waals surface area (Å²) in [6.07, 6.45) is 2.40. The Kier molecular flexibility index (Phi) is 5.72. The van der Waals surface area contributed by atoms with Gasteiger partial charge >= 0.3 is 0 Å². The third-order valence-electron chi connectivity index (χ3n) is 2.54. The van der Waals surface area contributed by atoms with Gasteiger partial charge < -0.3 is 14.8 Å². The zero-order valence-electron chi connectivity index (χ0n) is 10.4. The van der Waals surface area contributed by atoms with E-state index >= 15 is 0 Å². The van der Waals surface area contributed by atoms with E-state index in [1.165, 1.54) is 12.8 Å². The van der Waals surface area contributed by atoms with Crippen molar-refractivity contribution in [2.24, 2.45) is 0 Å². The molecular weight excluding hydrogens is 202 g/mol. The molecule has 3 heteroatoms. The Morgan fingerprint density at radius 1 is 1.12 bits per heavy atom. The van der Waals surface area contributed by atoms with Gasteiger partial charge in [0.1, 0.15) is 11.5 Å². The fraction of sp³-hybridized carbons (Fsp3) is 0.538. The van der Waals surface area contributed by atoms with Crippen LogP contribution in [0.3, 0.4) is 0 Å². The quantitative estimate of drug-likeness (QED) is 0.721. The third-order valence-corrected chi connectivity index (χ3v) is 2.54. The van der Waals surface area contributed by atoms with Crippen molar-refractivity contribution in [3.63, 3.8) is 0 Å². The van der Waals surface area contributed by atoms with Crippen LogP contribution in [0, 0.1) is 0 Å². The van der Waals surface area contributed by atoms with Crippen LogP contribution in [0.1, 0.15) is 25.3 Å². The Hall–Kier alpha value is -1.22. The first-order valence-corrected chi connectivity index (χ1v) is 5.74. The molecule has 0 saturated carbocycles. The summed E-state index contributed by atoms with van der Waals surface area (Å²) in [6.45, 7) is 4.00. The lowest BCUT2D eigenvalue weighted by atomic mass is 10.1. The molecule has 0 unspecified atom stereocenters. The fourth-order valence-corrected chi connectivity index (χ4v) is 1.62. The summed E-state index contributed by atoms with van der Waals surface area (Å²) in [5.41, 5.74) is 1.09. The molecule has 0 saturated heterocycles. The van der Waals surface area contributed by atoms with Gasteiger partial charge in [0.25, 0.3) is 0 Å². The van der Waals surface area contributed by atoms with Crippen molar-refractivity contribution < 1.29 is 9.47 Å². The molecule has 0 radical (unpaired) electrons. The van der Waals surface area contributed by atoms with Crippen molar-refractivity contribution in [2.75, 3.05) is 20.8 Å². The van der Waals surface area contributed by atoms with Crippen LogP contribution >= 0.6 is 0 Å². The van der Waals surface area contributed by atoms with E-state index in [-0.39, 0.29) is 0 Å². The molecule has 1 aromatic rings. The monoisotopic (exact) mass is 223 g/mol. The second-order valence-electron chi connectivity index (χ2n) is 3.67. The minimum absolute atomic E-state index is 0.785. The van der Waals surface area contributed by atoms with Crippen molar-refractivity contribution in [3.05, 3.63) is 23.8 Å². The Balaban J connectivity index is 2.67. The molecule has 0 fully saturated rings. The van der Waals surface area contributed by atoms with Crippen molar-refractivity contribution in [1.29, 1.82) is 0 Å². The molecule has 0 heterocycles. The van der Waals surface area contributed by atoms with Gasteiger partial charge in [-0.2, -0.15) is 0 Å². The van der Waals surface area contributed by atoms with Gasteiger partial charge in [-0.3, -0.25) is 0 Å². The molecule has 0 atom stereocenters. The summed E-state index contributed by atoms with van der Waals surface area (Å²) in [7, 11) is 3.37. The minimum atomic E-state index is 0.785. The molecular formula is C13H21NO2. The van der Waals surface area contributed by atoms with Gasteiger partial charge in [0.2, 0.25) is 0 Å². The summed E-state index contributed by atoms with van der Waals surface area (Å²) >= 11 is 0. The van der Waals surface area contributed by atoms with E-state index in [1.807, 2.05) is 18.2 Å². The normalized spacial score (nSPS) is 10.2. The summed E-state index contributed by atoms with van der Waals surface area (Å²) in [4.78, 5) is 0. The summed E-state index contributed by atoms with van der Waals surface area (Å²) in [5, 5.41) is 3.39. The van der Waals surface area contributed by atoms with Gasteiger partial charge in [-0.25, -0.2) is 0 Å². The predicted molar refractivity (Wildman–Crippen MR) is 66.2 cm³/mol. The highest BCUT2D eigenvalue weighted by molar-refractivity contribution is 5.44. The van der Waals surface area contributed by atoms with Gasteiger partial charge in [0.15, 0.2) is 0 Å². The van der Waals surface area contributed by atoms with Crippen LogP contribution in [0.4, 0.5) is 0 Å². The van der Waals surface area contributed by atoms with Crippen molar-refractivity contribution in [1.82, 2.24) is 5.32 Å². The van der Waals surface area contributed by atoms with Gasteiger partial charge in [0, 0.05) is 12.1 Å². The van der Waals surface area contributed by atoms with Crippen molar-refractivity contribution in [3.8, 4) is 11.5 Å². The van der Waals surface area contributed by atoms with Crippen LogP contribution in [-0.2, 0) is 6.54 Å². The van der Waals surface area contributed by atoms with Gasteiger partial charge in [-0.15, -0.1) is 0 Å². The van der Waals surface area contributed by atoms with E-state index in [1.54, 1.807) is 14.2 Å². The molecule has 0 aliphatic rings. The Morgan fingerprint density at radius 3 is 2.25 bits per heavy atom. The molecule has 0 spiro atoms. The summed E-state index contributed by atoms with van der Waals surface area (Å²) in [5.74, 6) is 1.76. The number of hydrogen-bond acceptors (Lipinski definition) is 3. The maximum Gasteiger partial charge on any atom is 0.127 e. The third kappa shape index (κ3) is 3.42. The van der Waals surface area contributed by atoms with E-state index in [2.05, 4.69) is 12.2 Å². The highest BCUT2D eigenvalue weighted by atomic mass is 16.5. The second kappa shape index (κ2) is 7.12. The van der Waals surface area contributed by atoms with E-state index in [0.29, 0.717) is 0 Å². The number of hydrogen-bond donors (Lipinski definition) is 1. The molecule has 0 bridgehead atoms. The zero-order chi connectivity index (χ0) is 11.8. The highest BCUT2D eigenvalue weighted by Crippen LogP contribution is 2.27. The fourth-order valence-electron chi connectivity index (χ4n) is 1.62. The Bertz CT molecular complexity index is 291. The topological polar surface area (TPSA) is 30.5 Å². The first-order chi connectivity index (χ1) is 7.83. The molecule has 0 aliphatic carbocycles. The van der Waals surface area contributed by atoms with E-state index in [9.17, 15) is 0 Å². The standard InChI is InChI=1S/C13H21NO2/c1-4-5-9-14-10-11-12(15-2)7-6-8-13(11)16-3/h6-8,14H,4-5,9-10H2,1-3H3. The molecule has 1 rings (SSSR count). The number of benzene rings is 1. The van der Waals surface area contributed by atoms with Crippen molar-refractivity contribution >= 4 is 0 Å². The van der Waals surface area contributed by atoms with Crippen LogP contribution in [-0.4, -0.2) is 20.8 Å². The molecule has 0 aromatic heterocycles. The molecule has 90 valence electrons. The van der Waals surface area contributed by atoms with Crippen LogP contribution in [0.15, 0.2) is 18.2 Å². The number of nitrogens with one attached hydrogen (secondary N) is 1. The largest absolute Gasteiger partial charge is 0.496 e. The van der Waals surface area contributed by atoms with Gasteiger partial charge in [-0.05, 0) is 25.1 Å². The first kappa shape index (κ1) is 12.8. The van der Waals surface area contributed by atoms with Crippen LogP contribution in [0.25, 0.3) is 0 Å². The van der Waals surface area contributed by atoms with E-state index in [4.69, 9.17) is 9.47 Å². The minimum Gasteiger partial charge on any atom is -0.496 e. The van der Waals surface area contributed by atoms with Gasteiger partial charge in [-0.1, -0.05) is 19.4 Å². The summed E-state index contributed by atoms with van der Waals surface area (Å²) in [6, 6.07) is 5.85. The number of rotatable bonds is 7. The lowest BCUT2D eigenvalue weighted by Crippen LogP contribution is -2.15. The predicted octanol–water partition coefficient (Wildman–Crippen LogP) is 2.59. The van der Waals surface area contributed by atoms with Crippen molar-refractivity contribution in [2.45, 2.75) is 26.3 Å². The highest BCUT2D eigenvalue weighted by Gasteiger charge is 2.08. The molecule has 0 amide bonds. The van der Waals surface area contributed by atoms with Gasteiger partial charge in [0.05, 0.1) is 14.2 Å². The van der Waals surface area contributed by atoms with Crippen LogP contribution < -0.4 is 14.8 Å². The summed E-state index contributed by atoms with van der Waals surface area (Å²) < 4.78 is 10.6. The maximum atomic E-state index is 5.32. The molecule has 1 N–H and O–H groups in total. The molecule has 1 aromatic carbocycles. The molecule has 0 aliphatic heterocycles. The number of methoxy groups -OCH3 is 2. The molecule has 16 heavy (non-hydrogen) atoms. The van der Waals surface area contributed by atoms with E-state index < -0.39 is 0 Å².